The van der Waals surface area contributed by atoms with Crippen molar-refractivity contribution in [3.63, 3.8) is 0 Å². The lowest BCUT2D eigenvalue weighted by molar-refractivity contribution is -0.397. The lowest BCUT2D eigenvalue weighted by atomic mass is 10.0. The van der Waals surface area contributed by atoms with Crippen LogP contribution in [-0.2, 0) is 14.3 Å². The minimum absolute atomic E-state index is 0.0783. The molecule has 0 atom stereocenters. The smallest absolute Gasteiger partial charge is 0.460 e. The number of ketones is 1. The Morgan fingerprint density at radius 2 is 1.52 bits per heavy atom. The third-order valence-electron chi connectivity index (χ3n) is 3.64. The van der Waals surface area contributed by atoms with Gasteiger partial charge in [-0.15, -0.1) is 0 Å². The molecule has 1 aromatic rings. The topological polar surface area (TPSA) is 43.4 Å². The Kier molecular flexibility index (Phi) is 8.46. The predicted molar refractivity (Wildman–Crippen MR) is 91.6 cm³/mol. The quantitative estimate of drug-likeness (QED) is 0.170. The molecule has 31 heavy (non-hydrogen) atoms. The lowest BCUT2D eigenvalue weighted by Gasteiger charge is -2.33. The number of allylic oxidation sites excluding steroid dienone is 1. The van der Waals surface area contributed by atoms with Crippen LogP contribution in [0.25, 0.3) is 6.08 Å². The molecule has 1 aromatic carbocycles. The van der Waals surface area contributed by atoms with Crippen molar-refractivity contribution in [3.05, 3.63) is 39.9 Å². The van der Waals surface area contributed by atoms with E-state index in [1.54, 1.807) is 0 Å². The van der Waals surface area contributed by atoms with E-state index >= 15 is 0 Å². The summed E-state index contributed by atoms with van der Waals surface area (Å²) in [6, 6.07) is 4.39. The number of rotatable bonds is 9. The van der Waals surface area contributed by atoms with E-state index in [1.165, 1.54) is 18.2 Å². The largest absolute Gasteiger partial charge is 0.465 e. The van der Waals surface area contributed by atoms with Crippen LogP contribution in [0.2, 0.25) is 10.0 Å². The molecule has 0 aliphatic carbocycles. The minimum Gasteiger partial charge on any atom is -0.465 e. The van der Waals surface area contributed by atoms with Crippen LogP contribution < -0.4 is 0 Å². The summed E-state index contributed by atoms with van der Waals surface area (Å²) >= 11 is 11.6. The second kappa shape index (κ2) is 9.68. The number of ether oxygens (including phenoxy) is 1. The SMILES string of the molecule is O=C(C=Cc1cccc(Cl)c1Cl)CC(=O)OCCC(F)(F)C(F)(F)C(F)(F)C(F)(F)F. The Labute approximate surface area is 178 Å². The van der Waals surface area contributed by atoms with Gasteiger partial charge in [0.15, 0.2) is 5.78 Å². The molecule has 1 rings (SSSR count). The maximum absolute atomic E-state index is 13.3. The molecule has 0 amide bonds. The first-order valence-electron chi connectivity index (χ1n) is 7.95. The molecule has 0 N–H and O–H groups in total. The molecule has 14 heteroatoms. The van der Waals surface area contributed by atoms with E-state index in [0.29, 0.717) is 0 Å². The predicted octanol–water partition coefficient (Wildman–Crippen LogP) is 6.37. The molecule has 0 unspecified atom stereocenters. The molecular weight excluding hydrogens is 494 g/mol. The van der Waals surface area contributed by atoms with Gasteiger partial charge in [-0.3, -0.25) is 9.59 Å². The van der Waals surface area contributed by atoms with Gasteiger partial charge in [0.1, 0.15) is 6.42 Å². The zero-order valence-corrected chi connectivity index (χ0v) is 16.4. The zero-order valence-electron chi connectivity index (χ0n) is 14.9. The van der Waals surface area contributed by atoms with E-state index in [-0.39, 0.29) is 15.6 Å². The van der Waals surface area contributed by atoms with Gasteiger partial charge in [0, 0.05) is 0 Å². The van der Waals surface area contributed by atoms with Crippen LogP contribution in [0.1, 0.15) is 18.4 Å². The molecule has 0 saturated carbocycles. The molecule has 174 valence electrons. The van der Waals surface area contributed by atoms with Crippen LogP contribution in [-0.4, -0.2) is 42.3 Å². The van der Waals surface area contributed by atoms with Crippen LogP contribution in [0, 0.1) is 0 Å². The summed E-state index contributed by atoms with van der Waals surface area (Å²) in [4.78, 5) is 23.0. The van der Waals surface area contributed by atoms with Gasteiger partial charge in [0.05, 0.1) is 23.1 Å². The van der Waals surface area contributed by atoms with Crippen molar-refractivity contribution in [2.24, 2.45) is 0 Å². The van der Waals surface area contributed by atoms with Gasteiger partial charge >= 0.3 is 29.9 Å². The van der Waals surface area contributed by atoms with Crippen molar-refractivity contribution >= 4 is 41.0 Å². The number of hydrogen-bond donors (Lipinski definition) is 0. The highest BCUT2D eigenvalue weighted by Gasteiger charge is 2.81. The number of carbonyl (C=O) groups is 2. The van der Waals surface area contributed by atoms with Gasteiger partial charge in [-0.25, -0.2) is 0 Å². The molecule has 0 spiro atoms. The average Bonchev–Trinajstić information content (AvgIpc) is 2.61. The van der Waals surface area contributed by atoms with E-state index in [4.69, 9.17) is 23.2 Å². The summed E-state index contributed by atoms with van der Waals surface area (Å²) in [5.74, 6) is -22.2. The van der Waals surface area contributed by atoms with Gasteiger partial charge in [-0.2, -0.15) is 39.5 Å². The van der Waals surface area contributed by atoms with Crippen LogP contribution in [0.5, 0.6) is 0 Å². The van der Waals surface area contributed by atoms with Gasteiger partial charge in [-0.1, -0.05) is 35.3 Å². The fourth-order valence-electron chi connectivity index (χ4n) is 1.94. The molecule has 0 radical (unpaired) electrons. The van der Waals surface area contributed by atoms with Crippen LogP contribution in [0.3, 0.4) is 0 Å². The van der Waals surface area contributed by atoms with E-state index in [0.717, 1.165) is 12.2 Å². The second-order valence-electron chi connectivity index (χ2n) is 5.94. The van der Waals surface area contributed by atoms with Crippen molar-refractivity contribution in [1.82, 2.24) is 0 Å². The second-order valence-corrected chi connectivity index (χ2v) is 6.73. The zero-order chi connectivity index (χ0) is 24.3. The third kappa shape index (κ3) is 6.28. The first-order chi connectivity index (χ1) is 13.9. The number of benzene rings is 1. The van der Waals surface area contributed by atoms with Crippen LogP contribution in [0.15, 0.2) is 24.3 Å². The van der Waals surface area contributed by atoms with E-state index in [9.17, 15) is 49.1 Å². The normalized spacial score (nSPS) is 13.5. The molecule has 3 nitrogen and oxygen atoms in total. The van der Waals surface area contributed by atoms with E-state index in [1.807, 2.05) is 0 Å². The molecule has 0 fully saturated rings. The van der Waals surface area contributed by atoms with Gasteiger partial charge < -0.3 is 4.74 Å². The first-order valence-corrected chi connectivity index (χ1v) is 8.70. The van der Waals surface area contributed by atoms with Crippen LogP contribution in [0.4, 0.5) is 39.5 Å². The van der Waals surface area contributed by atoms with Crippen molar-refractivity contribution in [2.75, 3.05) is 6.61 Å². The van der Waals surface area contributed by atoms with Crippen molar-refractivity contribution < 1.29 is 53.8 Å². The Hall–Kier alpha value is -1.95. The number of esters is 1. The Morgan fingerprint density at radius 3 is 2.06 bits per heavy atom. The number of hydrogen-bond acceptors (Lipinski definition) is 3. The summed E-state index contributed by atoms with van der Waals surface area (Å²) in [6.07, 6.45) is -8.36. The fraction of sp³-hybridized carbons (Fsp3) is 0.412. The number of carbonyl (C=O) groups excluding carboxylic acids is 2. The van der Waals surface area contributed by atoms with E-state index < -0.39 is 55.1 Å². The summed E-state index contributed by atoms with van der Waals surface area (Å²) in [7, 11) is 0. The molecular formula is C17H11Cl2F9O3. The summed E-state index contributed by atoms with van der Waals surface area (Å²) in [5, 5.41) is 0.235. The minimum atomic E-state index is -7.03. The van der Waals surface area contributed by atoms with E-state index in [2.05, 4.69) is 4.74 Å². The third-order valence-corrected chi connectivity index (χ3v) is 4.47. The Bertz CT molecular complexity index is 852. The molecule has 0 heterocycles. The molecule has 0 bridgehead atoms. The summed E-state index contributed by atoms with van der Waals surface area (Å²) < 4.78 is 118. The standard InChI is InChI=1S/C17H11Cl2F9O3/c18-11-3-1-2-9(13(11)19)4-5-10(29)8-12(30)31-7-6-14(20,21)15(22,23)16(24,25)17(26,27)28/h1-5H,6-8H2. The van der Waals surface area contributed by atoms with Crippen molar-refractivity contribution in [2.45, 2.75) is 36.8 Å². The molecule has 0 aromatic heterocycles. The molecule has 0 aliphatic rings. The number of halogens is 11. The fourth-order valence-corrected chi connectivity index (χ4v) is 2.31. The summed E-state index contributed by atoms with van der Waals surface area (Å²) in [5.41, 5.74) is 0.281. The lowest BCUT2D eigenvalue weighted by Crippen LogP contribution is -2.61. The van der Waals surface area contributed by atoms with Crippen molar-refractivity contribution in [3.8, 4) is 0 Å². The monoisotopic (exact) mass is 504 g/mol. The van der Waals surface area contributed by atoms with Gasteiger partial charge in [0.25, 0.3) is 0 Å². The van der Waals surface area contributed by atoms with Gasteiger partial charge in [-0.05, 0) is 23.8 Å². The average molecular weight is 505 g/mol. The first kappa shape index (κ1) is 27.1. The summed E-state index contributed by atoms with van der Waals surface area (Å²) in [6.45, 7) is -1.65. The maximum atomic E-state index is 13.3. The highest BCUT2D eigenvalue weighted by molar-refractivity contribution is 6.42. The van der Waals surface area contributed by atoms with Crippen LogP contribution >= 0.6 is 23.2 Å². The molecule has 0 aliphatic heterocycles. The highest BCUT2D eigenvalue weighted by atomic mass is 35.5. The molecule has 0 saturated heterocycles. The Balaban J connectivity index is 2.65. The Morgan fingerprint density at radius 1 is 0.935 bits per heavy atom. The van der Waals surface area contributed by atoms with Gasteiger partial charge in [0.2, 0.25) is 0 Å². The highest BCUT2D eigenvalue weighted by Crippen LogP contribution is 2.53. The number of alkyl halides is 9. The van der Waals surface area contributed by atoms with Crippen molar-refractivity contribution in [1.29, 1.82) is 0 Å². The maximum Gasteiger partial charge on any atom is 0.460 e.